The molecule has 0 saturated heterocycles. The van der Waals surface area contributed by atoms with Crippen LogP contribution in [0.1, 0.15) is 28.8 Å². The topological polar surface area (TPSA) is 24.4 Å². The minimum absolute atomic E-state index is 0. The molecule has 3 aromatic rings. The van der Waals surface area contributed by atoms with Crippen LogP contribution in [0.5, 0.6) is 0 Å². The van der Waals surface area contributed by atoms with E-state index in [-0.39, 0.29) is 24.5 Å². The Labute approximate surface area is 185 Å². The van der Waals surface area contributed by atoms with Gasteiger partial charge in [-0.3, -0.25) is 4.99 Å². The second-order valence-corrected chi connectivity index (χ2v) is 8.09. The highest BCUT2D eigenvalue weighted by molar-refractivity contribution is 8.13. The maximum atomic E-state index is 6.31. The second-order valence-electron chi connectivity index (χ2n) is 6.31. The molecule has 0 bridgehead atoms. The summed E-state index contributed by atoms with van der Waals surface area (Å²) in [7, 11) is 0. The van der Waals surface area contributed by atoms with Gasteiger partial charge in [-0.15, -0.1) is 12.4 Å². The Hall–Kier alpha value is -1.65. The molecule has 28 heavy (non-hydrogen) atoms. The van der Waals surface area contributed by atoms with E-state index in [0.29, 0.717) is 15.8 Å². The number of hydrogen-bond donors (Lipinski definition) is 1. The van der Waals surface area contributed by atoms with Gasteiger partial charge in [0, 0.05) is 15.8 Å². The van der Waals surface area contributed by atoms with Gasteiger partial charge in [0.25, 0.3) is 0 Å². The number of hydrogen-bond acceptors (Lipinski definition) is 3. The van der Waals surface area contributed by atoms with Crippen LogP contribution in [-0.4, -0.2) is 5.17 Å². The molecular formula is C22H19Cl3N2S. The summed E-state index contributed by atoms with van der Waals surface area (Å²) < 4.78 is 0. The number of nitrogens with zero attached hydrogens (tertiary/aromatic N) is 1. The van der Waals surface area contributed by atoms with Crippen molar-refractivity contribution in [2.75, 3.05) is 0 Å². The Morgan fingerprint density at radius 2 is 1.36 bits per heavy atom. The van der Waals surface area contributed by atoms with Gasteiger partial charge in [0.2, 0.25) is 0 Å². The number of nitrogens with one attached hydrogen (secondary N) is 1. The summed E-state index contributed by atoms with van der Waals surface area (Å²) in [4.78, 5) is 4.97. The fourth-order valence-electron chi connectivity index (χ4n) is 3.18. The van der Waals surface area contributed by atoms with Crippen molar-refractivity contribution in [1.82, 2.24) is 5.32 Å². The molecule has 0 fully saturated rings. The van der Waals surface area contributed by atoms with E-state index in [2.05, 4.69) is 53.8 Å². The smallest absolute Gasteiger partial charge is 0.158 e. The average molecular weight is 450 g/mol. The standard InChI is InChI=1S/C22H18Cl2N2S.ClH/c23-18-12-7-13-19(24)17(18)14-27-22-25-20(15-8-3-1-4-9-15)21(26-22)16-10-5-2-6-11-16;/h1-13,20-21H,14H2,(H,25,26);1H. The number of halogens is 3. The van der Waals surface area contributed by atoms with E-state index in [1.807, 2.05) is 30.3 Å². The summed E-state index contributed by atoms with van der Waals surface area (Å²) in [5.41, 5.74) is 3.36. The van der Waals surface area contributed by atoms with Crippen molar-refractivity contribution in [1.29, 1.82) is 0 Å². The van der Waals surface area contributed by atoms with E-state index in [9.17, 15) is 0 Å². The van der Waals surface area contributed by atoms with Gasteiger partial charge in [0.05, 0.1) is 6.04 Å². The third-order valence-corrected chi connectivity index (χ3v) is 6.20. The normalized spacial score (nSPS) is 18.1. The fourth-order valence-corrected chi connectivity index (χ4v) is 4.86. The van der Waals surface area contributed by atoms with E-state index in [4.69, 9.17) is 28.2 Å². The lowest BCUT2D eigenvalue weighted by molar-refractivity contribution is 0.573. The zero-order chi connectivity index (χ0) is 18.6. The molecule has 144 valence electrons. The van der Waals surface area contributed by atoms with Crippen molar-refractivity contribution >= 4 is 52.5 Å². The summed E-state index contributed by atoms with van der Waals surface area (Å²) in [6.07, 6.45) is 0. The zero-order valence-electron chi connectivity index (χ0n) is 14.9. The van der Waals surface area contributed by atoms with Crippen LogP contribution >= 0.6 is 47.4 Å². The fraction of sp³-hybridized carbons (Fsp3) is 0.136. The minimum atomic E-state index is 0. The predicted octanol–water partition coefficient (Wildman–Crippen LogP) is 7.09. The lowest BCUT2D eigenvalue weighted by Gasteiger charge is -2.19. The maximum absolute atomic E-state index is 6.31. The highest BCUT2D eigenvalue weighted by Crippen LogP contribution is 2.38. The summed E-state index contributed by atoms with van der Waals surface area (Å²) in [5.74, 6) is 0.674. The third kappa shape index (κ3) is 4.66. The van der Waals surface area contributed by atoms with Crippen molar-refractivity contribution in [3.8, 4) is 0 Å². The van der Waals surface area contributed by atoms with Gasteiger partial charge in [0.1, 0.15) is 6.04 Å². The van der Waals surface area contributed by atoms with Crippen LogP contribution in [0.3, 0.4) is 0 Å². The van der Waals surface area contributed by atoms with E-state index in [1.165, 1.54) is 11.1 Å². The van der Waals surface area contributed by atoms with Crippen molar-refractivity contribution in [2.45, 2.75) is 17.8 Å². The monoisotopic (exact) mass is 448 g/mol. The molecule has 0 saturated carbocycles. The molecule has 3 aromatic carbocycles. The zero-order valence-corrected chi connectivity index (χ0v) is 18.0. The Balaban J connectivity index is 0.00000225. The van der Waals surface area contributed by atoms with Crippen LogP contribution in [0.2, 0.25) is 10.0 Å². The van der Waals surface area contributed by atoms with Crippen LogP contribution in [0.15, 0.2) is 83.9 Å². The van der Waals surface area contributed by atoms with Crippen molar-refractivity contribution in [3.05, 3.63) is 106 Å². The maximum Gasteiger partial charge on any atom is 0.158 e. The highest BCUT2D eigenvalue weighted by atomic mass is 35.5. The van der Waals surface area contributed by atoms with Gasteiger partial charge in [-0.25, -0.2) is 0 Å². The molecule has 0 aromatic heterocycles. The summed E-state index contributed by atoms with van der Waals surface area (Å²) in [6.45, 7) is 0. The lowest BCUT2D eigenvalue weighted by Crippen LogP contribution is -2.22. The molecule has 2 nitrogen and oxygen atoms in total. The van der Waals surface area contributed by atoms with Crippen LogP contribution in [-0.2, 0) is 5.75 Å². The number of thioether (sulfide) groups is 1. The first-order valence-electron chi connectivity index (χ1n) is 8.72. The third-order valence-electron chi connectivity index (χ3n) is 4.57. The molecule has 0 spiro atoms. The van der Waals surface area contributed by atoms with Crippen molar-refractivity contribution in [2.24, 2.45) is 4.99 Å². The largest absolute Gasteiger partial charge is 0.356 e. The average Bonchev–Trinajstić information content (AvgIpc) is 3.13. The van der Waals surface area contributed by atoms with E-state index >= 15 is 0 Å². The number of amidine groups is 1. The molecule has 0 amide bonds. The van der Waals surface area contributed by atoms with Gasteiger partial charge in [-0.1, -0.05) is 102 Å². The van der Waals surface area contributed by atoms with Gasteiger partial charge in [-0.05, 0) is 28.8 Å². The Kier molecular flexibility index (Phi) is 7.30. The van der Waals surface area contributed by atoms with Crippen molar-refractivity contribution in [3.63, 3.8) is 0 Å². The van der Waals surface area contributed by atoms with Crippen LogP contribution < -0.4 is 5.32 Å². The first-order valence-corrected chi connectivity index (χ1v) is 10.5. The van der Waals surface area contributed by atoms with Crippen LogP contribution in [0.4, 0.5) is 0 Å². The number of rotatable bonds is 4. The molecule has 2 atom stereocenters. The summed E-state index contributed by atoms with van der Waals surface area (Å²) in [6, 6.07) is 26.6. The van der Waals surface area contributed by atoms with Gasteiger partial charge in [0.15, 0.2) is 5.17 Å². The Bertz CT molecular complexity index is 928. The van der Waals surface area contributed by atoms with E-state index < -0.39 is 0 Å². The van der Waals surface area contributed by atoms with Crippen LogP contribution in [0, 0.1) is 0 Å². The molecular weight excluding hydrogens is 431 g/mol. The Morgan fingerprint density at radius 1 is 0.786 bits per heavy atom. The highest BCUT2D eigenvalue weighted by Gasteiger charge is 2.31. The molecule has 1 aliphatic rings. The van der Waals surface area contributed by atoms with Crippen LogP contribution in [0.25, 0.3) is 0 Å². The minimum Gasteiger partial charge on any atom is -0.356 e. The molecule has 0 radical (unpaired) electrons. The van der Waals surface area contributed by atoms with E-state index in [0.717, 1.165) is 10.7 Å². The lowest BCUT2D eigenvalue weighted by atomic mass is 9.95. The molecule has 4 rings (SSSR count). The molecule has 2 unspecified atom stereocenters. The first-order chi connectivity index (χ1) is 13.2. The molecule has 0 aliphatic carbocycles. The molecule has 1 N–H and O–H groups in total. The number of benzene rings is 3. The van der Waals surface area contributed by atoms with Gasteiger partial charge >= 0.3 is 0 Å². The SMILES string of the molecule is Cl.Clc1cccc(Cl)c1CSC1=NC(c2ccccc2)C(c2ccccc2)N1. The predicted molar refractivity (Wildman–Crippen MR) is 124 cm³/mol. The van der Waals surface area contributed by atoms with Gasteiger partial charge < -0.3 is 5.32 Å². The number of aliphatic imine (C=N–C) groups is 1. The van der Waals surface area contributed by atoms with Crippen molar-refractivity contribution < 1.29 is 0 Å². The van der Waals surface area contributed by atoms with Gasteiger partial charge in [-0.2, -0.15) is 0 Å². The first kappa shape index (κ1) is 21.1. The summed E-state index contributed by atoms with van der Waals surface area (Å²) >= 11 is 14.2. The van der Waals surface area contributed by atoms with E-state index in [1.54, 1.807) is 11.8 Å². The molecule has 1 heterocycles. The summed E-state index contributed by atoms with van der Waals surface area (Å²) in [5, 5.41) is 5.88. The second kappa shape index (κ2) is 9.71. The molecule has 1 aliphatic heterocycles. The Morgan fingerprint density at radius 3 is 1.96 bits per heavy atom. The quantitative estimate of drug-likeness (QED) is 0.460. The molecule has 6 heteroatoms.